The van der Waals surface area contributed by atoms with E-state index in [-0.39, 0.29) is 17.6 Å². The first kappa shape index (κ1) is 21.6. The summed E-state index contributed by atoms with van der Waals surface area (Å²) in [6, 6.07) is 15.3. The molecule has 0 radical (unpaired) electrons. The molecule has 0 aliphatic rings. The van der Waals surface area contributed by atoms with E-state index in [2.05, 4.69) is 20.8 Å². The van der Waals surface area contributed by atoms with Crippen LogP contribution in [0.4, 0.5) is 11.4 Å². The van der Waals surface area contributed by atoms with Crippen molar-refractivity contribution in [2.24, 2.45) is 7.05 Å². The number of rotatable bonds is 8. The number of aromatic nitrogens is 3. The molecule has 0 spiro atoms. The van der Waals surface area contributed by atoms with Crippen molar-refractivity contribution in [3.8, 4) is 0 Å². The Balaban J connectivity index is 1.48. The zero-order valence-corrected chi connectivity index (χ0v) is 18.1. The fourth-order valence-corrected chi connectivity index (χ4v) is 3.66. The number of benzene rings is 2. The van der Waals surface area contributed by atoms with Crippen molar-refractivity contribution in [2.45, 2.75) is 31.8 Å². The normalized spacial score (nSPS) is 10.6. The van der Waals surface area contributed by atoms with E-state index in [1.807, 2.05) is 74.0 Å². The fourth-order valence-electron chi connectivity index (χ4n) is 2.93. The van der Waals surface area contributed by atoms with Crippen molar-refractivity contribution in [1.29, 1.82) is 0 Å². The highest BCUT2D eigenvalue weighted by Gasteiger charge is 2.13. The van der Waals surface area contributed by atoms with Crippen LogP contribution in [-0.4, -0.2) is 32.3 Å². The minimum atomic E-state index is -0.0984. The number of hydrogen-bond donors (Lipinski definition) is 2. The summed E-state index contributed by atoms with van der Waals surface area (Å²) in [6.07, 6.45) is 0.774. The van der Waals surface area contributed by atoms with Crippen LogP contribution in [0, 0.1) is 13.8 Å². The number of carbonyl (C=O) groups excluding carboxylic acids is 2. The fraction of sp³-hybridized carbons (Fsp3) is 0.273. The minimum Gasteiger partial charge on any atom is -0.326 e. The summed E-state index contributed by atoms with van der Waals surface area (Å²) in [5.41, 5.74) is 3.77. The molecule has 8 heteroatoms. The zero-order valence-electron chi connectivity index (χ0n) is 17.3. The zero-order chi connectivity index (χ0) is 21.5. The van der Waals surface area contributed by atoms with Gasteiger partial charge in [-0.1, -0.05) is 47.7 Å². The molecular weight excluding hydrogens is 398 g/mol. The molecular formula is C22H25N5O2S. The number of amides is 2. The second-order valence-corrected chi connectivity index (χ2v) is 7.97. The standard InChI is InChI=1S/C22H25N5O2S/c1-15-9-10-18(16(2)13-15)24-21(29)14-30-22-26-25-19(27(22)3)11-12-20(28)23-17-7-5-4-6-8-17/h4-10,13H,11-12,14H2,1-3H3,(H,23,28)(H,24,29). The summed E-state index contributed by atoms with van der Waals surface area (Å²) < 4.78 is 1.82. The monoisotopic (exact) mass is 423 g/mol. The predicted octanol–water partition coefficient (Wildman–Crippen LogP) is 3.73. The van der Waals surface area contributed by atoms with Gasteiger partial charge in [0.05, 0.1) is 5.75 Å². The van der Waals surface area contributed by atoms with Crippen LogP contribution in [0.15, 0.2) is 53.7 Å². The van der Waals surface area contributed by atoms with Gasteiger partial charge in [0, 0.05) is 31.3 Å². The van der Waals surface area contributed by atoms with E-state index in [0.717, 1.165) is 22.5 Å². The van der Waals surface area contributed by atoms with Gasteiger partial charge in [-0.2, -0.15) is 0 Å². The molecule has 0 unspecified atom stereocenters. The molecule has 7 nitrogen and oxygen atoms in total. The van der Waals surface area contributed by atoms with Crippen molar-refractivity contribution < 1.29 is 9.59 Å². The second-order valence-electron chi connectivity index (χ2n) is 7.03. The van der Waals surface area contributed by atoms with Crippen molar-refractivity contribution >= 4 is 35.0 Å². The Bertz CT molecular complexity index is 1030. The third-order valence-electron chi connectivity index (χ3n) is 4.55. The lowest BCUT2D eigenvalue weighted by Crippen LogP contribution is -2.15. The molecule has 156 valence electrons. The van der Waals surface area contributed by atoms with E-state index >= 15 is 0 Å². The molecule has 1 aromatic heterocycles. The molecule has 0 bridgehead atoms. The van der Waals surface area contributed by atoms with Crippen LogP contribution >= 0.6 is 11.8 Å². The molecule has 0 aliphatic carbocycles. The van der Waals surface area contributed by atoms with Gasteiger partial charge in [-0.05, 0) is 37.6 Å². The average molecular weight is 424 g/mol. The van der Waals surface area contributed by atoms with E-state index in [1.54, 1.807) is 0 Å². The molecule has 3 rings (SSSR count). The lowest BCUT2D eigenvalue weighted by atomic mass is 10.1. The molecule has 30 heavy (non-hydrogen) atoms. The second kappa shape index (κ2) is 10.1. The van der Waals surface area contributed by atoms with Gasteiger partial charge >= 0.3 is 0 Å². The molecule has 0 atom stereocenters. The summed E-state index contributed by atoms with van der Waals surface area (Å²) in [5.74, 6) is 0.758. The summed E-state index contributed by atoms with van der Waals surface area (Å²) in [6.45, 7) is 3.99. The lowest BCUT2D eigenvalue weighted by molar-refractivity contribution is -0.116. The number of thioether (sulfide) groups is 1. The van der Waals surface area contributed by atoms with Gasteiger partial charge in [-0.15, -0.1) is 10.2 Å². The van der Waals surface area contributed by atoms with Crippen LogP contribution in [0.2, 0.25) is 0 Å². The quantitative estimate of drug-likeness (QED) is 0.539. The summed E-state index contributed by atoms with van der Waals surface area (Å²) in [5, 5.41) is 14.7. The molecule has 2 amide bonds. The van der Waals surface area contributed by atoms with E-state index < -0.39 is 0 Å². The first-order valence-corrected chi connectivity index (χ1v) is 10.6. The first-order valence-electron chi connectivity index (χ1n) is 9.65. The Hall–Kier alpha value is -3.13. The highest BCUT2D eigenvalue weighted by molar-refractivity contribution is 7.99. The van der Waals surface area contributed by atoms with Crippen LogP contribution in [0.5, 0.6) is 0 Å². The number of hydrogen-bond acceptors (Lipinski definition) is 5. The van der Waals surface area contributed by atoms with Crippen molar-refractivity contribution in [1.82, 2.24) is 14.8 Å². The van der Waals surface area contributed by atoms with E-state index in [4.69, 9.17) is 0 Å². The average Bonchev–Trinajstić information content (AvgIpc) is 3.07. The number of carbonyl (C=O) groups is 2. The third kappa shape index (κ3) is 5.93. The van der Waals surface area contributed by atoms with Gasteiger partial charge in [0.1, 0.15) is 5.82 Å². The number of para-hydroxylation sites is 1. The van der Waals surface area contributed by atoms with E-state index in [0.29, 0.717) is 23.8 Å². The Kier molecular flexibility index (Phi) is 7.24. The molecule has 0 saturated carbocycles. The van der Waals surface area contributed by atoms with Crippen LogP contribution in [0.3, 0.4) is 0 Å². The third-order valence-corrected chi connectivity index (χ3v) is 5.57. The predicted molar refractivity (Wildman–Crippen MR) is 120 cm³/mol. The number of nitrogens with one attached hydrogen (secondary N) is 2. The molecule has 3 aromatic rings. The van der Waals surface area contributed by atoms with Gasteiger partial charge in [-0.3, -0.25) is 9.59 Å². The highest BCUT2D eigenvalue weighted by atomic mass is 32.2. The minimum absolute atomic E-state index is 0.0775. The van der Waals surface area contributed by atoms with Gasteiger partial charge in [0.15, 0.2) is 5.16 Å². The van der Waals surface area contributed by atoms with Crippen LogP contribution in [0.1, 0.15) is 23.4 Å². The molecule has 1 heterocycles. The maximum absolute atomic E-state index is 12.3. The summed E-state index contributed by atoms with van der Waals surface area (Å²) in [4.78, 5) is 24.4. The Morgan fingerprint density at radius 1 is 1.00 bits per heavy atom. The number of nitrogens with zero attached hydrogens (tertiary/aromatic N) is 3. The number of anilines is 2. The Labute approximate surface area is 180 Å². The van der Waals surface area contributed by atoms with Crippen molar-refractivity contribution in [3.63, 3.8) is 0 Å². The van der Waals surface area contributed by atoms with E-state index in [1.165, 1.54) is 11.8 Å². The molecule has 2 N–H and O–H groups in total. The SMILES string of the molecule is Cc1ccc(NC(=O)CSc2nnc(CCC(=O)Nc3ccccc3)n2C)c(C)c1. The summed E-state index contributed by atoms with van der Waals surface area (Å²) in [7, 11) is 1.84. The Morgan fingerprint density at radius 2 is 1.77 bits per heavy atom. The van der Waals surface area contributed by atoms with Crippen LogP contribution in [-0.2, 0) is 23.1 Å². The number of aryl methyl sites for hydroxylation is 3. The topological polar surface area (TPSA) is 88.9 Å². The van der Waals surface area contributed by atoms with Crippen molar-refractivity contribution in [2.75, 3.05) is 16.4 Å². The van der Waals surface area contributed by atoms with Crippen LogP contribution < -0.4 is 10.6 Å². The van der Waals surface area contributed by atoms with Gasteiger partial charge in [0.25, 0.3) is 0 Å². The van der Waals surface area contributed by atoms with Crippen LogP contribution in [0.25, 0.3) is 0 Å². The maximum atomic E-state index is 12.3. The largest absolute Gasteiger partial charge is 0.326 e. The highest BCUT2D eigenvalue weighted by Crippen LogP contribution is 2.19. The molecule has 0 aliphatic heterocycles. The molecule has 0 fully saturated rings. The first-order chi connectivity index (χ1) is 14.4. The van der Waals surface area contributed by atoms with Gasteiger partial charge in [0.2, 0.25) is 11.8 Å². The van der Waals surface area contributed by atoms with Crippen molar-refractivity contribution in [3.05, 3.63) is 65.5 Å². The molecule has 0 saturated heterocycles. The maximum Gasteiger partial charge on any atom is 0.234 e. The van der Waals surface area contributed by atoms with Gasteiger partial charge < -0.3 is 15.2 Å². The smallest absolute Gasteiger partial charge is 0.234 e. The lowest BCUT2D eigenvalue weighted by Gasteiger charge is -2.09. The Morgan fingerprint density at radius 3 is 2.50 bits per heavy atom. The van der Waals surface area contributed by atoms with Gasteiger partial charge in [-0.25, -0.2) is 0 Å². The summed E-state index contributed by atoms with van der Waals surface area (Å²) >= 11 is 1.32. The molecule has 2 aromatic carbocycles. The van der Waals surface area contributed by atoms with E-state index in [9.17, 15) is 9.59 Å².